The number of benzene rings is 2. The molecular weight excluding hydrogens is 406 g/mol. The van der Waals surface area contributed by atoms with Crippen LogP contribution in [0.25, 0.3) is 10.9 Å². The van der Waals surface area contributed by atoms with Gasteiger partial charge in [0.2, 0.25) is 0 Å². The van der Waals surface area contributed by atoms with Crippen molar-refractivity contribution in [3.05, 3.63) is 53.2 Å². The Bertz CT molecular complexity index is 1140. The van der Waals surface area contributed by atoms with E-state index in [-0.39, 0.29) is 5.91 Å². The second-order valence-corrected chi connectivity index (χ2v) is 8.72. The van der Waals surface area contributed by atoms with Crippen LogP contribution in [0.5, 0.6) is 17.2 Å². The molecule has 1 aliphatic rings. The Hall–Kier alpha value is -3.19. The molecule has 3 aromatic rings. The minimum Gasteiger partial charge on any atom is -0.497 e. The summed E-state index contributed by atoms with van der Waals surface area (Å²) >= 11 is 0. The van der Waals surface area contributed by atoms with Crippen molar-refractivity contribution in [2.24, 2.45) is 5.73 Å². The molecule has 1 amide bonds. The van der Waals surface area contributed by atoms with E-state index < -0.39 is 5.54 Å². The number of nitrogens with one attached hydrogen (secondary N) is 1. The Morgan fingerprint density at radius 2 is 1.81 bits per heavy atom. The predicted octanol–water partition coefficient (Wildman–Crippen LogP) is 3.89. The highest BCUT2D eigenvalue weighted by molar-refractivity contribution is 5.99. The second-order valence-electron chi connectivity index (χ2n) is 8.72. The number of aromatic amines is 1. The molecule has 7 nitrogen and oxygen atoms in total. The van der Waals surface area contributed by atoms with Crippen LogP contribution < -0.4 is 19.9 Å². The zero-order chi connectivity index (χ0) is 22.9. The Kier molecular flexibility index (Phi) is 6.02. The van der Waals surface area contributed by atoms with Gasteiger partial charge in [0.1, 0.15) is 5.75 Å². The van der Waals surface area contributed by atoms with Crippen LogP contribution in [0, 0.1) is 0 Å². The number of H-pyrrole nitrogens is 1. The first-order chi connectivity index (χ1) is 15.3. The minimum atomic E-state index is -0.396. The smallest absolute Gasteiger partial charge is 0.254 e. The topological polar surface area (TPSA) is 89.8 Å². The number of ether oxygens (including phenoxy) is 3. The first kappa shape index (κ1) is 22.0. The van der Waals surface area contributed by atoms with E-state index in [2.05, 4.69) is 18.0 Å². The van der Waals surface area contributed by atoms with E-state index >= 15 is 0 Å². The predicted molar refractivity (Wildman–Crippen MR) is 125 cm³/mol. The lowest BCUT2D eigenvalue weighted by atomic mass is 9.90. The number of hydrogen-bond donors (Lipinski definition) is 2. The molecule has 0 saturated carbocycles. The van der Waals surface area contributed by atoms with Gasteiger partial charge in [0.15, 0.2) is 11.5 Å². The monoisotopic (exact) mass is 437 g/mol. The lowest BCUT2D eigenvalue weighted by molar-refractivity contribution is 0.0766. The molecule has 0 aliphatic carbocycles. The van der Waals surface area contributed by atoms with Crippen molar-refractivity contribution in [1.82, 2.24) is 9.88 Å². The van der Waals surface area contributed by atoms with Crippen LogP contribution in [0.2, 0.25) is 0 Å². The number of aryl methyl sites for hydroxylation is 1. The number of hydrogen-bond acceptors (Lipinski definition) is 5. The SMILES string of the molecule is COc1ccc2[nH]cc(CCC(C)(N)CCN3Cc4cc(OC)c(OC)cc4C3=O)c2c1. The molecule has 170 valence electrons. The van der Waals surface area contributed by atoms with E-state index in [1.54, 1.807) is 27.4 Å². The second kappa shape index (κ2) is 8.74. The summed E-state index contributed by atoms with van der Waals surface area (Å²) in [7, 11) is 4.85. The molecule has 2 heterocycles. The van der Waals surface area contributed by atoms with Crippen molar-refractivity contribution < 1.29 is 19.0 Å². The van der Waals surface area contributed by atoms with Crippen molar-refractivity contribution in [3.8, 4) is 17.2 Å². The number of carbonyl (C=O) groups is 1. The third-order valence-corrected chi connectivity index (χ3v) is 6.38. The van der Waals surface area contributed by atoms with E-state index in [0.717, 1.165) is 35.1 Å². The molecule has 1 aliphatic heterocycles. The quantitative estimate of drug-likeness (QED) is 0.530. The summed E-state index contributed by atoms with van der Waals surface area (Å²) in [6.45, 7) is 3.22. The molecule has 2 aromatic carbocycles. The number of aromatic nitrogens is 1. The molecule has 7 heteroatoms. The highest BCUT2D eigenvalue weighted by Crippen LogP contribution is 2.35. The molecule has 1 unspecified atom stereocenters. The van der Waals surface area contributed by atoms with E-state index in [9.17, 15) is 4.79 Å². The lowest BCUT2D eigenvalue weighted by Crippen LogP contribution is -2.40. The number of fused-ring (bicyclic) bond motifs is 2. The summed E-state index contributed by atoms with van der Waals surface area (Å²) in [5.74, 6) is 2.06. The van der Waals surface area contributed by atoms with Crippen LogP contribution in [0.15, 0.2) is 36.5 Å². The molecule has 32 heavy (non-hydrogen) atoms. The van der Waals surface area contributed by atoms with Crippen molar-refractivity contribution in [1.29, 1.82) is 0 Å². The zero-order valence-electron chi connectivity index (χ0n) is 19.2. The third-order valence-electron chi connectivity index (χ3n) is 6.38. The molecule has 1 atom stereocenters. The highest BCUT2D eigenvalue weighted by atomic mass is 16.5. The number of methoxy groups -OCH3 is 3. The van der Waals surface area contributed by atoms with Gasteiger partial charge in [-0.05, 0) is 67.6 Å². The fourth-order valence-corrected chi connectivity index (χ4v) is 4.31. The zero-order valence-corrected chi connectivity index (χ0v) is 19.2. The normalized spacial score (nSPS) is 15.0. The van der Waals surface area contributed by atoms with Crippen molar-refractivity contribution in [3.63, 3.8) is 0 Å². The van der Waals surface area contributed by atoms with Gasteiger partial charge in [0, 0.05) is 41.3 Å². The molecule has 0 spiro atoms. The number of nitrogens with zero attached hydrogens (tertiary/aromatic N) is 1. The van der Waals surface area contributed by atoms with Gasteiger partial charge in [-0.3, -0.25) is 4.79 Å². The summed E-state index contributed by atoms with van der Waals surface area (Å²) in [5.41, 5.74) is 10.2. The highest BCUT2D eigenvalue weighted by Gasteiger charge is 2.31. The fraction of sp³-hybridized carbons (Fsp3) is 0.400. The van der Waals surface area contributed by atoms with Crippen LogP contribution in [-0.2, 0) is 13.0 Å². The van der Waals surface area contributed by atoms with Gasteiger partial charge in [-0.25, -0.2) is 0 Å². The van der Waals surface area contributed by atoms with Crippen molar-refractivity contribution in [2.45, 2.75) is 38.3 Å². The molecule has 3 N–H and O–H groups in total. The first-order valence-electron chi connectivity index (χ1n) is 10.8. The first-order valence-corrected chi connectivity index (χ1v) is 10.8. The van der Waals surface area contributed by atoms with Crippen LogP contribution in [0.1, 0.15) is 41.3 Å². The van der Waals surface area contributed by atoms with E-state index in [4.69, 9.17) is 19.9 Å². The third kappa shape index (κ3) is 4.25. The van der Waals surface area contributed by atoms with Gasteiger partial charge in [-0.15, -0.1) is 0 Å². The summed E-state index contributed by atoms with van der Waals surface area (Å²) in [6, 6.07) is 9.69. The summed E-state index contributed by atoms with van der Waals surface area (Å²) in [6.07, 6.45) is 4.42. The van der Waals surface area contributed by atoms with Gasteiger partial charge in [0.25, 0.3) is 5.91 Å². The molecule has 0 bridgehead atoms. The van der Waals surface area contributed by atoms with Crippen LogP contribution in [0.3, 0.4) is 0 Å². The maximum absolute atomic E-state index is 12.9. The maximum Gasteiger partial charge on any atom is 0.254 e. The van der Waals surface area contributed by atoms with Crippen LogP contribution in [-0.4, -0.2) is 49.2 Å². The Balaban J connectivity index is 1.39. The summed E-state index contributed by atoms with van der Waals surface area (Å²) in [5, 5.41) is 1.16. The van der Waals surface area contributed by atoms with Crippen LogP contribution in [0.4, 0.5) is 0 Å². The Morgan fingerprint density at radius 1 is 1.06 bits per heavy atom. The fourth-order valence-electron chi connectivity index (χ4n) is 4.31. The lowest BCUT2D eigenvalue weighted by Gasteiger charge is -2.27. The molecule has 0 radical (unpaired) electrons. The number of rotatable bonds is 9. The maximum atomic E-state index is 12.9. The average Bonchev–Trinajstić information content (AvgIpc) is 3.35. The Morgan fingerprint density at radius 3 is 2.53 bits per heavy atom. The van der Waals surface area contributed by atoms with Gasteiger partial charge >= 0.3 is 0 Å². The van der Waals surface area contributed by atoms with Crippen molar-refractivity contribution >= 4 is 16.8 Å². The largest absolute Gasteiger partial charge is 0.497 e. The number of nitrogens with two attached hydrogens (primary N) is 1. The Labute approximate surface area is 188 Å². The van der Waals surface area contributed by atoms with E-state index in [1.807, 2.05) is 29.3 Å². The molecule has 4 rings (SSSR count). The van der Waals surface area contributed by atoms with E-state index in [1.165, 1.54) is 5.56 Å². The number of amides is 1. The standard InChI is InChI=1S/C25H31N3O4/c1-25(26,8-7-16-14-27-21-6-5-18(30-2)12-19(16)21)9-10-28-15-17-11-22(31-3)23(32-4)13-20(17)24(28)29/h5-6,11-14,27H,7-10,15,26H2,1-4H3. The van der Waals surface area contributed by atoms with E-state index in [0.29, 0.717) is 36.6 Å². The van der Waals surface area contributed by atoms with Crippen molar-refractivity contribution in [2.75, 3.05) is 27.9 Å². The summed E-state index contributed by atoms with van der Waals surface area (Å²) in [4.78, 5) is 18.1. The van der Waals surface area contributed by atoms with Gasteiger partial charge in [-0.1, -0.05) is 0 Å². The average molecular weight is 438 g/mol. The molecule has 1 aromatic heterocycles. The summed E-state index contributed by atoms with van der Waals surface area (Å²) < 4.78 is 16.1. The van der Waals surface area contributed by atoms with Gasteiger partial charge in [-0.2, -0.15) is 0 Å². The van der Waals surface area contributed by atoms with Gasteiger partial charge in [0.05, 0.1) is 21.3 Å². The van der Waals surface area contributed by atoms with Gasteiger partial charge < -0.3 is 29.8 Å². The minimum absolute atomic E-state index is 0.0143. The number of carbonyl (C=O) groups excluding carboxylic acids is 1. The van der Waals surface area contributed by atoms with Crippen LogP contribution >= 0.6 is 0 Å². The molecular formula is C25H31N3O4. The molecule has 0 fully saturated rings. The molecule has 0 saturated heterocycles.